The maximum Gasteiger partial charge on any atom is 0.255 e. The summed E-state index contributed by atoms with van der Waals surface area (Å²) in [5, 5.41) is 9.75. The van der Waals surface area contributed by atoms with Gasteiger partial charge in [-0.1, -0.05) is 37.1 Å². The van der Waals surface area contributed by atoms with E-state index in [2.05, 4.69) is 0 Å². The van der Waals surface area contributed by atoms with Crippen molar-refractivity contribution in [1.82, 2.24) is 4.90 Å². The molecule has 3 rings (SSSR count). The first-order chi connectivity index (χ1) is 12.2. The molecule has 5 nitrogen and oxygen atoms in total. The number of aryl methyl sites for hydroxylation is 1. The topological polar surface area (TPSA) is 70.4 Å². The van der Waals surface area contributed by atoms with Crippen LogP contribution in [0.1, 0.15) is 36.2 Å². The molecule has 1 spiro atoms. The highest BCUT2D eigenvalue weighted by Gasteiger charge is 2.48. The molecule has 1 aliphatic heterocycles. The van der Waals surface area contributed by atoms with E-state index in [1.807, 2.05) is 32.9 Å². The van der Waals surface area contributed by atoms with Gasteiger partial charge in [0.05, 0.1) is 29.3 Å². The molecule has 1 amide bonds. The maximum absolute atomic E-state index is 13.0. The summed E-state index contributed by atoms with van der Waals surface area (Å²) in [4.78, 5) is 27.1. The van der Waals surface area contributed by atoms with Gasteiger partial charge in [0.25, 0.3) is 5.91 Å². The lowest BCUT2D eigenvalue weighted by atomic mass is 9.69. The third-order valence-corrected chi connectivity index (χ3v) is 5.31. The van der Waals surface area contributed by atoms with Gasteiger partial charge < -0.3 is 9.64 Å². The quantitative estimate of drug-likeness (QED) is 0.758. The number of allylic oxidation sites excluding steroid dienone is 1. The van der Waals surface area contributed by atoms with Crippen molar-refractivity contribution >= 4 is 23.3 Å². The smallest absolute Gasteiger partial charge is 0.255 e. The highest BCUT2D eigenvalue weighted by molar-refractivity contribution is 6.33. The first kappa shape index (κ1) is 18.6. The van der Waals surface area contributed by atoms with Crippen molar-refractivity contribution in [2.45, 2.75) is 32.8 Å². The summed E-state index contributed by atoms with van der Waals surface area (Å²) in [6.07, 6.45) is 2.02. The minimum absolute atomic E-state index is 0.101. The number of rotatable bonds is 1. The van der Waals surface area contributed by atoms with E-state index in [1.54, 1.807) is 23.1 Å². The van der Waals surface area contributed by atoms with E-state index in [9.17, 15) is 14.9 Å². The van der Waals surface area contributed by atoms with Gasteiger partial charge in [-0.15, -0.1) is 0 Å². The largest absolute Gasteiger partial charge is 0.367 e. The normalized spacial score (nSPS) is 25.0. The van der Waals surface area contributed by atoms with E-state index < -0.39 is 11.0 Å². The van der Waals surface area contributed by atoms with Gasteiger partial charge in [-0.2, -0.15) is 5.26 Å². The molecule has 0 saturated carbocycles. The van der Waals surface area contributed by atoms with E-state index in [4.69, 9.17) is 16.3 Å². The van der Waals surface area contributed by atoms with Gasteiger partial charge in [-0.05, 0) is 31.6 Å². The minimum Gasteiger partial charge on any atom is -0.367 e. The molecule has 2 aliphatic rings. The second kappa shape index (κ2) is 6.53. The first-order valence-electron chi connectivity index (χ1n) is 8.55. The van der Waals surface area contributed by atoms with Crippen LogP contribution in [0.5, 0.6) is 0 Å². The molecule has 1 atom stereocenters. The third-order valence-electron chi connectivity index (χ3n) is 4.98. The van der Waals surface area contributed by atoms with Crippen LogP contribution in [-0.4, -0.2) is 41.9 Å². The predicted molar refractivity (Wildman–Crippen MR) is 97.9 cm³/mol. The van der Waals surface area contributed by atoms with E-state index in [1.165, 1.54) is 0 Å². The summed E-state index contributed by atoms with van der Waals surface area (Å²) in [5.41, 5.74) is -0.0280. The Bertz CT molecular complexity index is 853. The second-order valence-corrected chi connectivity index (χ2v) is 8.09. The van der Waals surface area contributed by atoms with Gasteiger partial charge >= 0.3 is 0 Å². The van der Waals surface area contributed by atoms with Crippen molar-refractivity contribution in [3.05, 3.63) is 46.0 Å². The molecule has 6 heteroatoms. The van der Waals surface area contributed by atoms with E-state index in [-0.39, 0.29) is 23.8 Å². The van der Waals surface area contributed by atoms with E-state index >= 15 is 0 Å². The number of Topliss-reactive ketones (excluding diaryl/α,β-unsaturated/α-hetero) is 1. The van der Waals surface area contributed by atoms with E-state index in [0.29, 0.717) is 30.2 Å². The molecular formula is C20H21ClN2O3. The zero-order valence-electron chi connectivity index (χ0n) is 15.1. The zero-order chi connectivity index (χ0) is 19.1. The highest BCUT2D eigenvalue weighted by Crippen LogP contribution is 2.41. The van der Waals surface area contributed by atoms with Gasteiger partial charge in [0.15, 0.2) is 5.78 Å². The number of nitrogens with zero attached hydrogens (tertiary/aromatic N) is 2. The number of carbonyl (C=O) groups is 2. The first-order valence-corrected chi connectivity index (χ1v) is 8.92. The van der Waals surface area contributed by atoms with Crippen molar-refractivity contribution in [3.8, 4) is 6.07 Å². The Morgan fingerprint density at radius 1 is 1.38 bits per heavy atom. The molecular weight excluding hydrogens is 352 g/mol. The van der Waals surface area contributed by atoms with E-state index in [0.717, 1.165) is 5.56 Å². The van der Waals surface area contributed by atoms with Crippen LogP contribution in [0, 0.1) is 23.7 Å². The van der Waals surface area contributed by atoms with Crippen LogP contribution in [-0.2, 0) is 9.53 Å². The van der Waals surface area contributed by atoms with Gasteiger partial charge in [0, 0.05) is 12.0 Å². The van der Waals surface area contributed by atoms with Crippen molar-refractivity contribution in [1.29, 1.82) is 5.26 Å². The summed E-state index contributed by atoms with van der Waals surface area (Å²) >= 11 is 6.22. The van der Waals surface area contributed by atoms with Crippen LogP contribution in [0.15, 0.2) is 29.8 Å². The lowest BCUT2D eigenvalue weighted by Gasteiger charge is -2.46. The van der Waals surface area contributed by atoms with Crippen LogP contribution >= 0.6 is 11.6 Å². The number of ether oxygens (including phenoxy) is 1. The standard InChI is InChI=1S/C20H21ClN2O3/c1-13-4-5-16(21)15(8-13)18(25)23-6-7-26-20(12-23)9-14(10-22)17(24)19(2,3)11-20/h4-5,8-9H,6-7,11-12H2,1-3H3. The Morgan fingerprint density at radius 3 is 2.81 bits per heavy atom. The number of amides is 1. The van der Waals surface area contributed by atoms with Crippen molar-refractivity contribution in [2.24, 2.45) is 5.41 Å². The van der Waals surface area contributed by atoms with Crippen molar-refractivity contribution < 1.29 is 14.3 Å². The van der Waals surface area contributed by atoms with Gasteiger partial charge in [-0.25, -0.2) is 0 Å². The Morgan fingerprint density at radius 2 is 2.12 bits per heavy atom. The average molecular weight is 373 g/mol. The molecule has 1 saturated heterocycles. The molecule has 1 aromatic carbocycles. The monoisotopic (exact) mass is 372 g/mol. The number of carbonyl (C=O) groups excluding carboxylic acids is 2. The Kier molecular flexibility index (Phi) is 4.68. The molecule has 1 unspecified atom stereocenters. The fourth-order valence-corrected chi connectivity index (χ4v) is 4.00. The number of benzene rings is 1. The number of hydrogen-bond donors (Lipinski definition) is 0. The maximum atomic E-state index is 13.0. The third kappa shape index (κ3) is 3.27. The van der Waals surface area contributed by atoms with Crippen LogP contribution < -0.4 is 0 Å². The SMILES string of the molecule is Cc1ccc(Cl)c(C(=O)N2CCOC3(C=C(C#N)C(=O)C(C)(C)C3)C2)c1. The molecule has 1 aliphatic carbocycles. The van der Waals surface area contributed by atoms with Gasteiger partial charge in [0.1, 0.15) is 11.7 Å². The predicted octanol–water partition coefficient (Wildman–Crippen LogP) is 3.31. The van der Waals surface area contributed by atoms with Crippen LogP contribution in [0.4, 0.5) is 0 Å². The van der Waals surface area contributed by atoms with Crippen LogP contribution in [0.3, 0.4) is 0 Å². The zero-order valence-corrected chi connectivity index (χ0v) is 15.9. The Hall–Kier alpha value is -2.16. The second-order valence-electron chi connectivity index (χ2n) is 7.68. The summed E-state index contributed by atoms with van der Waals surface area (Å²) in [7, 11) is 0. The molecule has 0 aromatic heterocycles. The number of hydrogen-bond acceptors (Lipinski definition) is 4. The van der Waals surface area contributed by atoms with Gasteiger partial charge in [0.2, 0.25) is 0 Å². The molecule has 1 aromatic rings. The summed E-state index contributed by atoms with van der Waals surface area (Å²) in [6, 6.07) is 7.33. The van der Waals surface area contributed by atoms with Crippen LogP contribution in [0.25, 0.3) is 0 Å². The molecule has 1 heterocycles. The summed E-state index contributed by atoms with van der Waals surface area (Å²) in [6.45, 7) is 6.60. The Labute approximate surface area is 158 Å². The lowest BCUT2D eigenvalue weighted by molar-refractivity contribution is -0.134. The fourth-order valence-electron chi connectivity index (χ4n) is 3.80. The molecule has 0 N–H and O–H groups in total. The van der Waals surface area contributed by atoms with Crippen LogP contribution in [0.2, 0.25) is 5.02 Å². The molecule has 0 bridgehead atoms. The fraction of sp³-hybridized carbons (Fsp3) is 0.450. The lowest BCUT2D eigenvalue weighted by Crippen LogP contribution is -2.57. The molecule has 1 fully saturated rings. The molecule has 136 valence electrons. The minimum atomic E-state index is -0.827. The number of nitriles is 1. The number of ketones is 1. The van der Waals surface area contributed by atoms with Crippen molar-refractivity contribution in [3.63, 3.8) is 0 Å². The summed E-state index contributed by atoms with van der Waals surface area (Å²) < 4.78 is 5.99. The Balaban J connectivity index is 1.93. The molecule has 26 heavy (non-hydrogen) atoms. The summed E-state index contributed by atoms with van der Waals surface area (Å²) in [5.74, 6) is -0.345. The number of morpholine rings is 1. The van der Waals surface area contributed by atoms with Gasteiger partial charge in [-0.3, -0.25) is 9.59 Å². The average Bonchev–Trinajstić information content (AvgIpc) is 2.59. The number of halogens is 1. The highest BCUT2D eigenvalue weighted by atomic mass is 35.5. The van der Waals surface area contributed by atoms with Crippen molar-refractivity contribution in [2.75, 3.05) is 19.7 Å². The molecule has 0 radical (unpaired) electrons.